The molecule has 6 N–H and O–H groups in total. The summed E-state index contributed by atoms with van der Waals surface area (Å²) in [4.78, 5) is 12.9. The van der Waals surface area contributed by atoms with E-state index >= 15 is 0 Å². The van der Waals surface area contributed by atoms with Crippen LogP contribution < -0.4 is 11.1 Å². The summed E-state index contributed by atoms with van der Waals surface area (Å²) in [6.45, 7) is 1.17. The van der Waals surface area contributed by atoms with Crippen LogP contribution in [0.4, 0.5) is 4.79 Å². The van der Waals surface area contributed by atoms with Crippen molar-refractivity contribution in [2.24, 2.45) is 5.73 Å². The van der Waals surface area contributed by atoms with Crippen LogP contribution in [-0.2, 0) is 4.74 Å². The summed E-state index contributed by atoms with van der Waals surface area (Å²) in [5, 5.41) is 30.9. The molecular formula is C10H17N3O5. The van der Waals surface area contributed by atoms with Gasteiger partial charge in [-0.3, -0.25) is 4.90 Å². The van der Waals surface area contributed by atoms with Crippen molar-refractivity contribution >= 4 is 6.03 Å². The summed E-state index contributed by atoms with van der Waals surface area (Å²) < 4.78 is 5.24. The first-order valence-electron chi connectivity index (χ1n) is 5.57. The fourth-order valence-electron chi connectivity index (χ4n) is 1.95. The van der Waals surface area contributed by atoms with Gasteiger partial charge in [-0.2, -0.15) is 0 Å². The maximum Gasteiger partial charge on any atom is 0.325 e. The standard InChI is InChI=1S/C10H17N3O5/c1-10(11)2-3-13(9(17)12-10)8-7(16)6(15)5(4-14)18-8/h2-3,5-8,14-16H,4,11H2,1H3,(H,12,17)/t5-,6-,7-,8-,10?/m1/s1. The van der Waals surface area contributed by atoms with E-state index < -0.39 is 42.8 Å². The number of hydrogen-bond acceptors (Lipinski definition) is 6. The van der Waals surface area contributed by atoms with Gasteiger partial charge in [0.15, 0.2) is 6.23 Å². The summed E-state index contributed by atoms with van der Waals surface area (Å²) in [5.74, 6) is 0. The number of rotatable bonds is 2. The van der Waals surface area contributed by atoms with Gasteiger partial charge in [-0.15, -0.1) is 0 Å². The number of urea groups is 1. The number of hydrogen-bond donors (Lipinski definition) is 5. The lowest BCUT2D eigenvalue weighted by molar-refractivity contribution is -0.0667. The first-order valence-corrected chi connectivity index (χ1v) is 5.57. The molecule has 1 unspecified atom stereocenters. The normalized spacial score (nSPS) is 44.3. The Morgan fingerprint density at radius 2 is 2.22 bits per heavy atom. The predicted octanol–water partition coefficient (Wildman–Crippen LogP) is -2.36. The Kier molecular flexibility index (Phi) is 3.30. The van der Waals surface area contributed by atoms with Crippen LogP contribution in [0.2, 0.25) is 0 Å². The molecule has 0 bridgehead atoms. The molecule has 8 heteroatoms. The van der Waals surface area contributed by atoms with Crippen LogP contribution in [0.1, 0.15) is 6.92 Å². The Balaban J connectivity index is 2.16. The van der Waals surface area contributed by atoms with Crippen molar-refractivity contribution < 1.29 is 24.9 Å². The van der Waals surface area contributed by atoms with Crippen LogP contribution >= 0.6 is 0 Å². The lowest BCUT2D eigenvalue weighted by atomic mass is 10.1. The van der Waals surface area contributed by atoms with E-state index in [9.17, 15) is 15.0 Å². The Hall–Kier alpha value is -1.19. The minimum Gasteiger partial charge on any atom is -0.394 e. The van der Waals surface area contributed by atoms with E-state index in [1.807, 2.05) is 0 Å². The van der Waals surface area contributed by atoms with Gasteiger partial charge in [0.05, 0.1) is 6.61 Å². The van der Waals surface area contributed by atoms with Gasteiger partial charge in [-0.05, 0) is 13.0 Å². The summed E-state index contributed by atoms with van der Waals surface area (Å²) in [5.41, 5.74) is 4.74. The highest BCUT2D eigenvalue weighted by atomic mass is 16.6. The Bertz CT molecular complexity index is 373. The summed E-state index contributed by atoms with van der Waals surface area (Å²) in [6, 6.07) is -0.544. The molecule has 0 aromatic rings. The summed E-state index contributed by atoms with van der Waals surface area (Å²) in [6.07, 6.45) is -1.59. The molecule has 0 saturated carbocycles. The number of aliphatic hydroxyl groups excluding tert-OH is 3. The van der Waals surface area contributed by atoms with Crippen LogP contribution in [0.5, 0.6) is 0 Å². The van der Waals surface area contributed by atoms with Crippen molar-refractivity contribution in [2.75, 3.05) is 6.61 Å². The molecule has 0 aromatic heterocycles. The highest BCUT2D eigenvalue weighted by molar-refractivity contribution is 5.78. The van der Waals surface area contributed by atoms with Gasteiger partial charge in [0.1, 0.15) is 24.0 Å². The molecule has 2 rings (SSSR count). The monoisotopic (exact) mass is 259 g/mol. The van der Waals surface area contributed by atoms with E-state index in [0.717, 1.165) is 4.90 Å². The fraction of sp³-hybridized carbons (Fsp3) is 0.700. The molecule has 5 atom stereocenters. The number of nitrogens with zero attached hydrogens (tertiary/aromatic N) is 1. The Labute approximate surface area is 104 Å². The van der Waals surface area contributed by atoms with Crippen LogP contribution in [-0.4, -0.2) is 63.1 Å². The maximum absolute atomic E-state index is 11.8. The molecule has 2 aliphatic rings. The molecule has 0 spiro atoms. The van der Waals surface area contributed by atoms with Crippen LogP contribution in [0.25, 0.3) is 0 Å². The van der Waals surface area contributed by atoms with E-state index in [2.05, 4.69) is 5.32 Å². The first-order chi connectivity index (χ1) is 8.35. The first kappa shape index (κ1) is 13.2. The van der Waals surface area contributed by atoms with Crippen molar-refractivity contribution in [3.63, 3.8) is 0 Å². The van der Waals surface area contributed by atoms with Gasteiger partial charge >= 0.3 is 6.03 Å². The number of ether oxygens (including phenoxy) is 1. The third kappa shape index (κ3) is 2.20. The fourth-order valence-corrected chi connectivity index (χ4v) is 1.95. The maximum atomic E-state index is 11.8. The van der Waals surface area contributed by atoms with Crippen molar-refractivity contribution in [2.45, 2.75) is 37.1 Å². The largest absolute Gasteiger partial charge is 0.394 e. The molecule has 2 amide bonds. The van der Waals surface area contributed by atoms with E-state index in [-0.39, 0.29) is 0 Å². The van der Waals surface area contributed by atoms with Crippen LogP contribution in [0.15, 0.2) is 12.3 Å². The highest BCUT2D eigenvalue weighted by Gasteiger charge is 2.47. The number of nitrogens with two attached hydrogens (primary N) is 1. The molecule has 1 saturated heterocycles. The predicted molar refractivity (Wildman–Crippen MR) is 59.9 cm³/mol. The smallest absolute Gasteiger partial charge is 0.325 e. The van der Waals surface area contributed by atoms with Gasteiger partial charge in [0, 0.05) is 6.20 Å². The van der Waals surface area contributed by atoms with Crippen LogP contribution in [0, 0.1) is 0 Å². The molecule has 2 aliphatic heterocycles. The van der Waals surface area contributed by atoms with Gasteiger partial charge < -0.3 is 31.1 Å². The number of amides is 2. The topological polar surface area (TPSA) is 128 Å². The van der Waals surface area contributed by atoms with Crippen molar-refractivity contribution in [3.8, 4) is 0 Å². The minimum absolute atomic E-state index is 0.442. The van der Waals surface area contributed by atoms with E-state index in [1.54, 1.807) is 6.92 Å². The second-order valence-electron chi connectivity index (χ2n) is 4.66. The highest BCUT2D eigenvalue weighted by Crippen LogP contribution is 2.25. The van der Waals surface area contributed by atoms with Crippen molar-refractivity contribution in [1.29, 1.82) is 0 Å². The average Bonchev–Trinajstić information content (AvgIpc) is 2.55. The molecule has 1 fully saturated rings. The molecule has 0 aromatic carbocycles. The second kappa shape index (κ2) is 4.48. The van der Waals surface area contributed by atoms with Gasteiger partial charge in [-0.25, -0.2) is 4.79 Å². The zero-order valence-electron chi connectivity index (χ0n) is 9.85. The zero-order chi connectivity index (χ0) is 13.5. The van der Waals surface area contributed by atoms with Crippen molar-refractivity contribution in [3.05, 3.63) is 12.3 Å². The third-order valence-electron chi connectivity index (χ3n) is 2.98. The van der Waals surface area contributed by atoms with E-state index in [0.29, 0.717) is 0 Å². The van der Waals surface area contributed by atoms with Gasteiger partial charge in [0.2, 0.25) is 0 Å². The number of aliphatic hydroxyl groups is 3. The molecular weight excluding hydrogens is 242 g/mol. The average molecular weight is 259 g/mol. The lowest BCUT2D eigenvalue weighted by Gasteiger charge is -2.35. The molecule has 8 nitrogen and oxygen atoms in total. The summed E-state index contributed by atoms with van der Waals surface area (Å²) >= 11 is 0. The van der Waals surface area contributed by atoms with E-state index in [4.69, 9.17) is 15.6 Å². The molecule has 0 radical (unpaired) electrons. The third-order valence-corrected chi connectivity index (χ3v) is 2.98. The summed E-state index contributed by atoms with van der Waals surface area (Å²) in [7, 11) is 0. The second-order valence-corrected chi connectivity index (χ2v) is 4.66. The number of carbonyl (C=O) groups is 1. The molecule has 102 valence electrons. The minimum atomic E-state index is -1.29. The van der Waals surface area contributed by atoms with Crippen LogP contribution in [0.3, 0.4) is 0 Å². The zero-order valence-corrected chi connectivity index (χ0v) is 9.85. The SMILES string of the molecule is CC1(N)C=CN([C@@H]2O[C@H](CO)[C@@H](O)[C@H]2O)C(=O)N1. The number of carbonyl (C=O) groups excluding carboxylic acids is 1. The van der Waals surface area contributed by atoms with Crippen molar-refractivity contribution in [1.82, 2.24) is 10.2 Å². The molecule has 2 heterocycles. The molecule has 0 aliphatic carbocycles. The van der Waals surface area contributed by atoms with Gasteiger partial charge in [-0.1, -0.05) is 0 Å². The molecule has 18 heavy (non-hydrogen) atoms. The van der Waals surface area contributed by atoms with E-state index in [1.165, 1.54) is 12.3 Å². The number of nitrogens with one attached hydrogen (secondary N) is 1. The lowest BCUT2D eigenvalue weighted by Crippen LogP contribution is -2.61. The quantitative estimate of drug-likeness (QED) is 0.377. The van der Waals surface area contributed by atoms with Gasteiger partial charge in [0.25, 0.3) is 0 Å². The Morgan fingerprint density at radius 1 is 1.56 bits per heavy atom. The Morgan fingerprint density at radius 3 is 2.72 bits per heavy atom.